The molecule has 2 aromatic rings. The highest BCUT2D eigenvalue weighted by molar-refractivity contribution is 7.88. The number of carbonyl (C=O) groups excluding carboxylic acids is 1. The van der Waals surface area contributed by atoms with Gasteiger partial charge in [0, 0.05) is 32.1 Å². The Bertz CT molecular complexity index is 1010. The molecule has 4 rings (SSSR count). The summed E-state index contributed by atoms with van der Waals surface area (Å²) in [6.07, 6.45) is 4.24. The van der Waals surface area contributed by atoms with Crippen LogP contribution < -0.4 is 0 Å². The molecule has 7 nitrogen and oxygen atoms in total. The lowest BCUT2D eigenvalue weighted by Crippen LogP contribution is -2.60. The predicted octanol–water partition coefficient (Wildman–Crippen LogP) is 2.30. The van der Waals surface area contributed by atoms with E-state index in [1.807, 2.05) is 55.3 Å². The third-order valence-electron chi connectivity index (χ3n) is 6.14. The van der Waals surface area contributed by atoms with E-state index in [4.69, 9.17) is 4.98 Å². The number of imidazole rings is 1. The number of carbonyl (C=O) groups is 1. The van der Waals surface area contributed by atoms with Crippen molar-refractivity contribution in [3.8, 4) is 11.3 Å². The van der Waals surface area contributed by atoms with Gasteiger partial charge in [0.05, 0.1) is 23.7 Å². The fraction of sp³-hybridized carbons (Fsp3) is 0.524. The first-order chi connectivity index (χ1) is 13.7. The number of rotatable bonds is 3. The van der Waals surface area contributed by atoms with Crippen molar-refractivity contribution in [3.05, 3.63) is 42.4 Å². The van der Waals surface area contributed by atoms with Crippen LogP contribution in [0, 0.1) is 5.92 Å². The molecule has 1 saturated heterocycles. The molecular formula is C21H28N4O3S. The van der Waals surface area contributed by atoms with E-state index in [1.54, 1.807) is 4.31 Å². The average Bonchev–Trinajstić information content (AvgIpc) is 3.13. The fourth-order valence-electron chi connectivity index (χ4n) is 4.75. The molecule has 156 valence electrons. The number of piperidine rings is 1. The molecule has 0 N–H and O–H groups in total. The van der Waals surface area contributed by atoms with Gasteiger partial charge in [-0.3, -0.25) is 4.79 Å². The summed E-state index contributed by atoms with van der Waals surface area (Å²) < 4.78 is 29.1. The van der Waals surface area contributed by atoms with Crippen molar-refractivity contribution in [1.82, 2.24) is 18.8 Å². The average molecular weight is 417 g/mol. The molecule has 2 aliphatic rings. The smallest absolute Gasteiger partial charge is 0.225 e. The third kappa shape index (κ3) is 3.38. The summed E-state index contributed by atoms with van der Waals surface area (Å²) in [4.78, 5) is 19.0. The van der Waals surface area contributed by atoms with Crippen LogP contribution in [0.2, 0.25) is 0 Å². The van der Waals surface area contributed by atoms with Crippen LogP contribution in [0.5, 0.6) is 0 Å². The summed E-state index contributed by atoms with van der Waals surface area (Å²) >= 11 is 0. The maximum absolute atomic E-state index is 12.7. The minimum absolute atomic E-state index is 0.0620. The van der Waals surface area contributed by atoms with Crippen LogP contribution in [-0.4, -0.2) is 59.0 Å². The number of hydrogen-bond acceptors (Lipinski definition) is 4. The van der Waals surface area contributed by atoms with Crippen LogP contribution in [0.3, 0.4) is 0 Å². The highest BCUT2D eigenvalue weighted by atomic mass is 32.2. The molecule has 1 spiro atoms. The Hall–Kier alpha value is -2.19. The van der Waals surface area contributed by atoms with Gasteiger partial charge in [0.25, 0.3) is 0 Å². The maximum Gasteiger partial charge on any atom is 0.225 e. The van der Waals surface area contributed by atoms with Gasteiger partial charge in [-0.2, -0.15) is 4.31 Å². The lowest BCUT2D eigenvalue weighted by atomic mass is 9.84. The summed E-state index contributed by atoms with van der Waals surface area (Å²) in [5.74, 6) is 0.854. The first-order valence-corrected chi connectivity index (χ1v) is 12.0. The zero-order valence-corrected chi connectivity index (χ0v) is 18.0. The largest absolute Gasteiger partial charge is 0.342 e. The molecule has 8 heteroatoms. The monoisotopic (exact) mass is 416 g/mol. The molecule has 0 bridgehead atoms. The lowest BCUT2D eigenvalue weighted by molar-refractivity contribution is -0.137. The van der Waals surface area contributed by atoms with Crippen molar-refractivity contribution in [1.29, 1.82) is 0 Å². The van der Waals surface area contributed by atoms with Crippen LogP contribution in [0.1, 0.15) is 32.5 Å². The number of aromatic nitrogens is 2. The number of hydrogen-bond donors (Lipinski definition) is 0. The van der Waals surface area contributed by atoms with Crippen LogP contribution in [0.25, 0.3) is 11.3 Å². The third-order valence-corrected chi connectivity index (χ3v) is 7.47. The van der Waals surface area contributed by atoms with Crippen LogP contribution in [0.4, 0.5) is 0 Å². The van der Waals surface area contributed by atoms with Gasteiger partial charge < -0.3 is 9.47 Å². The van der Waals surface area contributed by atoms with Crippen LogP contribution >= 0.6 is 0 Å². The number of nitrogens with zero attached hydrogens (tertiary/aromatic N) is 4. The van der Waals surface area contributed by atoms with Crippen LogP contribution in [-0.2, 0) is 26.9 Å². The Labute approximate surface area is 172 Å². The van der Waals surface area contributed by atoms with E-state index in [1.165, 1.54) is 6.26 Å². The van der Waals surface area contributed by atoms with Crippen molar-refractivity contribution in [2.75, 3.05) is 25.9 Å². The molecule has 3 heterocycles. The van der Waals surface area contributed by atoms with E-state index in [2.05, 4.69) is 4.57 Å². The molecule has 0 aliphatic carbocycles. The molecular weight excluding hydrogens is 388 g/mol. The molecule has 0 saturated carbocycles. The zero-order chi connectivity index (χ0) is 20.8. The second-order valence-corrected chi connectivity index (χ2v) is 10.2. The van der Waals surface area contributed by atoms with E-state index in [9.17, 15) is 13.2 Å². The number of likely N-dealkylation sites (tertiary alicyclic amines) is 1. The molecule has 1 amide bonds. The fourth-order valence-corrected chi connectivity index (χ4v) is 6.06. The second kappa shape index (κ2) is 7.25. The number of fused-ring (bicyclic) bond motifs is 2. The van der Waals surface area contributed by atoms with Crippen molar-refractivity contribution in [2.45, 2.75) is 38.8 Å². The van der Waals surface area contributed by atoms with Crippen molar-refractivity contribution in [3.63, 3.8) is 0 Å². The minimum Gasteiger partial charge on any atom is -0.342 e. The van der Waals surface area contributed by atoms with Gasteiger partial charge >= 0.3 is 0 Å². The second-order valence-electron chi connectivity index (χ2n) is 8.33. The van der Waals surface area contributed by atoms with Crippen molar-refractivity contribution >= 4 is 15.9 Å². The molecule has 2 aliphatic heterocycles. The topological polar surface area (TPSA) is 75.5 Å². The summed E-state index contributed by atoms with van der Waals surface area (Å²) in [7, 11) is -3.41. The molecule has 0 atom stereocenters. The Morgan fingerprint density at radius 1 is 1.07 bits per heavy atom. The summed E-state index contributed by atoms with van der Waals surface area (Å²) in [6, 6.07) is 10.1. The minimum atomic E-state index is -3.41. The van der Waals surface area contributed by atoms with E-state index >= 15 is 0 Å². The Morgan fingerprint density at radius 3 is 2.31 bits per heavy atom. The molecule has 1 aromatic heterocycles. The normalized spacial score (nSPS) is 19.5. The van der Waals surface area contributed by atoms with Crippen LogP contribution in [0.15, 0.2) is 36.5 Å². The first-order valence-electron chi connectivity index (χ1n) is 10.1. The highest BCUT2D eigenvalue weighted by Crippen LogP contribution is 2.43. The molecule has 29 heavy (non-hydrogen) atoms. The lowest BCUT2D eigenvalue weighted by Gasteiger charge is -2.49. The summed E-state index contributed by atoms with van der Waals surface area (Å²) in [5.41, 5.74) is 1.38. The van der Waals surface area contributed by atoms with E-state index in [0.29, 0.717) is 39.0 Å². The highest BCUT2D eigenvalue weighted by Gasteiger charge is 2.51. The molecule has 0 radical (unpaired) electrons. The summed E-state index contributed by atoms with van der Waals surface area (Å²) in [6.45, 7) is 5.86. The van der Waals surface area contributed by atoms with Gasteiger partial charge in [-0.15, -0.1) is 0 Å². The number of benzene rings is 1. The van der Waals surface area contributed by atoms with Gasteiger partial charge in [-0.25, -0.2) is 13.4 Å². The Kier molecular flexibility index (Phi) is 5.02. The van der Waals surface area contributed by atoms with E-state index in [-0.39, 0.29) is 11.8 Å². The van der Waals surface area contributed by atoms with Gasteiger partial charge in [0.2, 0.25) is 15.9 Å². The maximum atomic E-state index is 12.7. The molecule has 1 aromatic carbocycles. The molecule has 1 fully saturated rings. The standard InChI is InChI=1S/C21H28N4O3S/c1-16(2)19(26)23-11-9-21(10-12-23)20-22-15-18(17-7-5-4-6-8-17)24(20)13-14-25(21)29(3,27)28/h4-8,15-16H,9-14H2,1-3H3. The number of amides is 1. The Balaban J connectivity index is 1.75. The van der Waals surface area contributed by atoms with Gasteiger partial charge in [0.1, 0.15) is 5.82 Å². The van der Waals surface area contributed by atoms with Gasteiger partial charge in [-0.1, -0.05) is 44.2 Å². The first kappa shape index (κ1) is 20.1. The van der Waals surface area contributed by atoms with Gasteiger partial charge in [0.15, 0.2) is 0 Å². The van der Waals surface area contributed by atoms with Crippen molar-refractivity contribution < 1.29 is 13.2 Å². The predicted molar refractivity (Wildman–Crippen MR) is 112 cm³/mol. The summed E-state index contributed by atoms with van der Waals surface area (Å²) in [5, 5.41) is 0. The number of sulfonamides is 1. The zero-order valence-electron chi connectivity index (χ0n) is 17.2. The van der Waals surface area contributed by atoms with E-state index < -0.39 is 15.6 Å². The Morgan fingerprint density at radius 2 is 1.72 bits per heavy atom. The van der Waals surface area contributed by atoms with E-state index in [0.717, 1.165) is 17.1 Å². The SMILES string of the molecule is CC(C)C(=O)N1CCC2(CC1)c1ncc(-c3ccccc3)n1CCN2S(C)(=O)=O. The molecule has 0 unspecified atom stereocenters. The quantitative estimate of drug-likeness (QED) is 0.769. The van der Waals surface area contributed by atoms with Gasteiger partial charge in [-0.05, 0) is 18.4 Å². The van der Waals surface area contributed by atoms with Crippen molar-refractivity contribution in [2.24, 2.45) is 5.92 Å².